The number of methoxy groups -OCH3 is 2. The van der Waals surface area contributed by atoms with Gasteiger partial charge in [0.1, 0.15) is 0 Å². The first-order valence-electron chi connectivity index (χ1n) is 9.06. The van der Waals surface area contributed by atoms with E-state index < -0.39 is 4.92 Å². The molecule has 0 atom stereocenters. The number of rotatable bonds is 7. The van der Waals surface area contributed by atoms with E-state index in [0.717, 1.165) is 37.2 Å². The molecule has 1 heterocycles. The van der Waals surface area contributed by atoms with Gasteiger partial charge in [-0.1, -0.05) is 6.07 Å². The Hall–Kier alpha value is -3.29. The monoisotopic (exact) mass is 385 g/mol. The lowest BCUT2D eigenvalue weighted by Crippen LogP contribution is -2.27. The molecule has 148 valence electrons. The fraction of sp³-hybridized carbons (Fsp3) is 0.350. The standard InChI is InChI=1S/C20H23N3O5/c1-27-18-8-5-14(11-19(18)28-2)13-21-20(24)16-12-15(23(25)26)6-7-17(16)22-9-3-4-10-22/h5-8,11-12H,3-4,9-10,13H2,1-2H3,(H,21,24). The maximum absolute atomic E-state index is 12.8. The molecule has 0 spiro atoms. The van der Waals surface area contributed by atoms with Crippen LogP contribution in [0.15, 0.2) is 36.4 Å². The first-order chi connectivity index (χ1) is 13.5. The molecule has 28 heavy (non-hydrogen) atoms. The zero-order chi connectivity index (χ0) is 20.1. The van der Waals surface area contributed by atoms with E-state index in [2.05, 4.69) is 10.2 Å². The lowest BCUT2D eigenvalue weighted by Gasteiger charge is -2.21. The molecule has 8 nitrogen and oxygen atoms in total. The minimum Gasteiger partial charge on any atom is -0.493 e. The van der Waals surface area contributed by atoms with Crippen molar-refractivity contribution in [3.8, 4) is 11.5 Å². The van der Waals surface area contributed by atoms with Crippen molar-refractivity contribution in [3.63, 3.8) is 0 Å². The predicted octanol–water partition coefficient (Wildman–Crippen LogP) is 3.14. The zero-order valence-corrected chi connectivity index (χ0v) is 15.9. The van der Waals surface area contributed by atoms with Crippen molar-refractivity contribution in [3.05, 3.63) is 57.6 Å². The van der Waals surface area contributed by atoms with Crippen LogP contribution < -0.4 is 19.7 Å². The Kier molecular flexibility index (Phi) is 5.98. The molecular weight excluding hydrogens is 362 g/mol. The van der Waals surface area contributed by atoms with Gasteiger partial charge in [-0.05, 0) is 36.6 Å². The largest absolute Gasteiger partial charge is 0.493 e. The van der Waals surface area contributed by atoms with Crippen molar-refractivity contribution in [2.45, 2.75) is 19.4 Å². The first kappa shape index (κ1) is 19.5. The number of amides is 1. The summed E-state index contributed by atoms with van der Waals surface area (Å²) in [6.07, 6.45) is 2.09. The smallest absolute Gasteiger partial charge is 0.270 e. The first-order valence-corrected chi connectivity index (χ1v) is 9.06. The van der Waals surface area contributed by atoms with Gasteiger partial charge in [-0.25, -0.2) is 0 Å². The average Bonchev–Trinajstić information content (AvgIpc) is 3.25. The Morgan fingerprint density at radius 3 is 2.46 bits per heavy atom. The highest BCUT2D eigenvalue weighted by Crippen LogP contribution is 2.29. The summed E-state index contributed by atoms with van der Waals surface area (Å²) in [5, 5.41) is 14.0. The van der Waals surface area contributed by atoms with Crippen molar-refractivity contribution in [2.24, 2.45) is 0 Å². The molecule has 1 aliphatic rings. The third-order valence-electron chi connectivity index (χ3n) is 4.78. The van der Waals surface area contributed by atoms with Crippen LogP contribution in [0.2, 0.25) is 0 Å². The highest BCUT2D eigenvalue weighted by molar-refractivity contribution is 6.00. The molecule has 0 saturated carbocycles. The van der Waals surface area contributed by atoms with Crippen LogP contribution in [-0.2, 0) is 6.54 Å². The number of anilines is 1. The average molecular weight is 385 g/mol. The van der Waals surface area contributed by atoms with Crippen LogP contribution in [0.1, 0.15) is 28.8 Å². The number of nitro benzene ring substituents is 1. The lowest BCUT2D eigenvalue weighted by molar-refractivity contribution is -0.384. The van der Waals surface area contributed by atoms with Crippen molar-refractivity contribution < 1.29 is 19.2 Å². The number of hydrogen-bond acceptors (Lipinski definition) is 6. The molecule has 1 amide bonds. The van der Waals surface area contributed by atoms with E-state index >= 15 is 0 Å². The Labute approximate surface area is 163 Å². The second-order valence-corrected chi connectivity index (χ2v) is 6.52. The van der Waals surface area contributed by atoms with E-state index in [1.54, 1.807) is 32.4 Å². The predicted molar refractivity (Wildman–Crippen MR) is 105 cm³/mol. The number of nitro groups is 1. The van der Waals surface area contributed by atoms with Crippen LogP contribution in [0.3, 0.4) is 0 Å². The van der Waals surface area contributed by atoms with Gasteiger partial charge in [0.25, 0.3) is 11.6 Å². The molecule has 0 radical (unpaired) electrons. The molecule has 1 saturated heterocycles. The summed E-state index contributed by atoms with van der Waals surface area (Å²) in [5.74, 6) is 0.829. The summed E-state index contributed by atoms with van der Waals surface area (Å²) in [6.45, 7) is 1.95. The van der Waals surface area contributed by atoms with Gasteiger partial charge in [0.2, 0.25) is 0 Å². The normalized spacial score (nSPS) is 13.3. The van der Waals surface area contributed by atoms with Crippen molar-refractivity contribution >= 4 is 17.3 Å². The van der Waals surface area contributed by atoms with Crippen molar-refractivity contribution in [1.82, 2.24) is 5.32 Å². The van der Waals surface area contributed by atoms with E-state index in [4.69, 9.17) is 9.47 Å². The van der Waals surface area contributed by atoms with Crippen LogP contribution in [0.4, 0.5) is 11.4 Å². The molecule has 8 heteroatoms. The molecule has 2 aromatic rings. The number of hydrogen-bond donors (Lipinski definition) is 1. The van der Waals surface area contributed by atoms with Crippen molar-refractivity contribution in [1.29, 1.82) is 0 Å². The van der Waals surface area contributed by atoms with Crippen LogP contribution in [0.25, 0.3) is 0 Å². The zero-order valence-electron chi connectivity index (χ0n) is 15.9. The van der Waals surface area contributed by atoms with E-state index in [1.807, 2.05) is 6.07 Å². The molecule has 1 fully saturated rings. The SMILES string of the molecule is COc1ccc(CNC(=O)c2cc([N+](=O)[O-])ccc2N2CCCC2)cc1OC. The minimum atomic E-state index is -0.487. The number of nitrogens with zero attached hydrogens (tertiary/aromatic N) is 2. The summed E-state index contributed by atoms with van der Waals surface area (Å²) in [7, 11) is 3.10. The van der Waals surface area contributed by atoms with Gasteiger partial charge >= 0.3 is 0 Å². The quantitative estimate of drug-likeness (QED) is 0.581. The maximum Gasteiger partial charge on any atom is 0.270 e. The molecular formula is C20H23N3O5. The molecule has 1 aliphatic heterocycles. The van der Waals surface area contributed by atoms with E-state index in [9.17, 15) is 14.9 Å². The summed E-state index contributed by atoms with van der Waals surface area (Å²) in [4.78, 5) is 25.6. The van der Waals surface area contributed by atoms with Gasteiger partial charge in [0, 0.05) is 31.8 Å². The van der Waals surface area contributed by atoms with Gasteiger partial charge in [0.15, 0.2) is 11.5 Å². The molecule has 0 aromatic heterocycles. The number of nitrogens with one attached hydrogen (secondary N) is 1. The Bertz CT molecular complexity index is 878. The highest BCUT2D eigenvalue weighted by atomic mass is 16.6. The van der Waals surface area contributed by atoms with Gasteiger partial charge in [0.05, 0.1) is 30.4 Å². The molecule has 0 unspecified atom stereocenters. The summed E-state index contributed by atoms with van der Waals surface area (Å²) in [5.41, 5.74) is 1.78. The van der Waals surface area contributed by atoms with Gasteiger partial charge in [-0.3, -0.25) is 14.9 Å². The van der Waals surface area contributed by atoms with Crippen LogP contribution >= 0.6 is 0 Å². The molecule has 0 bridgehead atoms. The van der Waals surface area contributed by atoms with E-state index in [-0.39, 0.29) is 18.1 Å². The second-order valence-electron chi connectivity index (χ2n) is 6.52. The van der Waals surface area contributed by atoms with Crippen LogP contribution in [-0.4, -0.2) is 38.1 Å². The number of benzene rings is 2. The maximum atomic E-state index is 12.8. The number of carbonyl (C=O) groups is 1. The fourth-order valence-corrected chi connectivity index (χ4v) is 3.32. The third kappa shape index (κ3) is 4.16. The lowest BCUT2D eigenvalue weighted by atomic mass is 10.1. The fourth-order valence-electron chi connectivity index (χ4n) is 3.32. The molecule has 3 rings (SSSR count). The topological polar surface area (TPSA) is 93.9 Å². The van der Waals surface area contributed by atoms with Crippen LogP contribution in [0, 0.1) is 10.1 Å². The molecule has 0 aliphatic carbocycles. The summed E-state index contributed by atoms with van der Waals surface area (Å²) >= 11 is 0. The van der Waals surface area contributed by atoms with Gasteiger partial charge < -0.3 is 19.7 Å². The number of carbonyl (C=O) groups excluding carboxylic acids is 1. The van der Waals surface area contributed by atoms with Crippen LogP contribution in [0.5, 0.6) is 11.5 Å². The Morgan fingerprint density at radius 2 is 1.82 bits per heavy atom. The van der Waals surface area contributed by atoms with Gasteiger partial charge in [-0.15, -0.1) is 0 Å². The summed E-state index contributed by atoms with van der Waals surface area (Å²) < 4.78 is 10.5. The number of non-ortho nitro benzene ring substituents is 1. The Balaban J connectivity index is 1.81. The van der Waals surface area contributed by atoms with Gasteiger partial charge in [-0.2, -0.15) is 0 Å². The minimum absolute atomic E-state index is 0.0980. The van der Waals surface area contributed by atoms with Crippen molar-refractivity contribution in [2.75, 3.05) is 32.2 Å². The number of ether oxygens (including phenoxy) is 2. The van der Waals surface area contributed by atoms with E-state index in [0.29, 0.717) is 17.1 Å². The highest BCUT2D eigenvalue weighted by Gasteiger charge is 2.22. The molecule has 2 aromatic carbocycles. The third-order valence-corrected chi connectivity index (χ3v) is 4.78. The summed E-state index contributed by atoms with van der Waals surface area (Å²) in [6, 6.07) is 9.83. The Morgan fingerprint density at radius 1 is 1.11 bits per heavy atom. The molecule has 1 N–H and O–H groups in total. The van der Waals surface area contributed by atoms with E-state index in [1.165, 1.54) is 12.1 Å². The second kappa shape index (κ2) is 8.60.